The van der Waals surface area contributed by atoms with Crippen LogP contribution >= 0.6 is 11.8 Å². The molecule has 4 heteroatoms. The summed E-state index contributed by atoms with van der Waals surface area (Å²) >= 11 is 1.78. The highest BCUT2D eigenvalue weighted by atomic mass is 32.2. The zero-order chi connectivity index (χ0) is 7.40. The van der Waals surface area contributed by atoms with Crippen molar-refractivity contribution in [3.8, 4) is 0 Å². The number of thioether (sulfide) groups is 1. The Balaban J connectivity index is 2.12. The molecule has 1 atom stereocenters. The van der Waals surface area contributed by atoms with Crippen molar-refractivity contribution in [3.63, 3.8) is 0 Å². The Morgan fingerprint density at radius 1 is 1.90 bits per heavy atom. The monoisotopic (exact) mass is 161 g/mol. The Morgan fingerprint density at radius 3 is 3.20 bits per heavy atom. The number of ether oxygens (including phenoxy) is 1. The molecule has 58 valence electrons. The van der Waals surface area contributed by atoms with Crippen molar-refractivity contribution in [1.29, 1.82) is 0 Å². The number of rotatable bonds is 3. The first kappa shape index (κ1) is 7.72. The molecular weight excluding hydrogens is 150 g/mol. The molecule has 10 heavy (non-hydrogen) atoms. The van der Waals surface area contributed by atoms with Gasteiger partial charge in [0.2, 0.25) is 0 Å². The second-order valence-corrected chi connectivity index (χ2v) is 3.21. The molecule has 1 aliphatic rings. The third-order valence-electron chi connectivity index (χ3n) is 1.41. The van der Waals surface area contributed by atoms with Gasteiger partial charge in [-0.15, -0.1) is 0 Å². The minimum absolute atomic E-state index is 0.250. The third kappa shape index (κ3) is 2.10. The largest absolute Gasteiger partial charge is 0.447 e. The van der Waals surface area contributed by atoms with Crippen LogP contribution in [0, 0.1) is 0 Å². The minimum atomic E-state index is -0.272. The molecule has 0 aromatic heterocycles. The number of nitrogens with one attached hydrogen (secondary N) is 1. The minimum Gasteiger partial charge on any atom is -0.447 e. The first-order valence-corrected chi connectivity index (χ1v) is 4.64. The SMILES string of the molecule is CSCCC1COC(=O)N1. The molecule has 0 bridgehead atoms. The fourth-order valence-corrected chi connectivity index (χ4v) is 1.36. The molecule has 1 heterocycles. The van der Waals surface area contributed by atoms with Crippen molar-refractivity contribution in [2.45, 2.75) is 12.5 Å². The highest BCUT2D eigenvalue weighted by Gasteiger charge is 2.20. The van der Waals surface area contributed by atoms with E-state index in [1.54, 1.807) is 11.8 Å². The van der Waals surface area contributed by atoms with Gasteiger partial charge >= 0.3 is 6.09 Å². The molecule has 1 N–H and O–H groups in total. The molecule has 0 spiro atoms. The average Bonchev–Trinajstić information content (AvgIpc) is 2.31. The molecule has 1 amide bonds. The van der Waals surface area contributed by atoms with E-state index in [1.165, 1.54) is 0 Å². The summed E-state index contributed by atoms with van der Waals surface area (Å²) in [6, 6.07) is 0.250. The summed E-state index contributed by atoms with van der Waals surface area (Å²) in [5.74, 6) is 1.08. The van der Waals surface area contributed by atoms with E-state index in [2.05, 4.69) is 11.6 Å². The van der Waals surface area contributed by atoms with Crippen LogP contribution in [0.5, 0.6) is 0 Å². The zero-order valence-corrected chi connectivity index (χ0v) is 6.74. The Kier molecular flexibility index (Phi) is 2.86. The molecule has 0 aromatic carbocycles. The fourth-order valence-electron chi connectivity index (χ4n) is 0.842. The van der Waals surface area contributed by atoms with Crippen LogP contribution in [0.3, 0.4) is 0 Å². The summed E-state index contributed by atoms with van der Waals surface area (Å²) in [5.41, 5.74) is 0. The van der Waals surface area contributed by atoms with Crippen molar-refractivity contribution in [2.24, 2.45) is 0 Å². The molecule has 0 saturated carbocycles. The van der Waals surface area contributed by atoms with E-state index in [1.807, 2.05) is 0 Å². The van der Waals surface area contributed by atoms with Crippen molar-refractivity contribution in [1.82, 2.24) is 5.32 Å². The van der Waals surface area contributed by atoms with Gasteiger partial charge in [-0.1, -0.05) is 0 Å². The summed E-state index contributed by atoms with van der Waals surface area (Å²) in [4.78, 5) is 10.5. The molecule has 0 aromatic rings. The quantitative estimate of drug-likeness (QED) is 0.666. The van der Waals surface area contributed by atoms with E-state index >= 15 is 0 Å². The number of cyclic esters (lactones) is 1. The summed E-state index contributed by atoms with van der Waals surface area (Å²) in [6.07, 6.45) is 2.79. The smallest absolute Gasteiger partial charge is 0.407 e. The number of amides is 1. The third-order valence-corrected chi connectivity index (χ3v) is 2.05. The van der Waals surface area contributed by atoms with E-state index in [9.17, 15) is 4.79 Å². The molecule has 1 saturated heterocycles. The van der Waals surface area contributed by atoms with E-state index in [4.69, 9.17) is 4.74 Å². The summed E-state index contributed by atoms with van der Waals surface area (Å²) in [7, 11) is 0. The molecule has 0 aliphatic carbocycles. The van der Waals surface area contributed by atoms with Crippen LogP contribution in [0.2, 0.25) is 0 Å². The van der Waals surface area contributed by atoms with Crippen LogP contribution in [-0.4, -0.2) is 30.8 Å². The highest BCUT2D eigenvalue weighted by Crippen LogP contribution is 2.05. The van der Waals surface area contributed by atoms with Gasteiger partial charge in [0, 0.05) is 0 Å². The zero-order valence-electron chi connectivity index (χ0n) is 5.92. The molecule has 1 unspecified atom stereocenters. The lowest BCUT2D eigenvalue weighted by Gasteiger charge is -2.03. The van der Waals surface area contributed by atoms with E-state index < -0.39 is 0 Å². The van der Waals surface area contributed by atoms with Crippen LogP contribution in [0.15, 0.2) is 0 Å². The molecule has 1 fully saturated rings. The van der Waals surface area contributed by atoms with Gasteiger partial charge in [-0.05, 0) is 18.4 Å². The van der Waals surface area contributed by atoms with Crippen LogP contribution < -0.4 is 5.32 Å². The van der Waals surface area contributed by atoms with Crippen molar-refractivity contribution >= 4 is 17.9 Å². The van der Waals surface area contributed by atoms with E-state index in [0.717, 1.165) is 12.2 Å². The first-order chi connectivity index (χ1) is 4.83. The van der Waals surface area contributed by atoms with Crippen molar-refractivity contribution in [2.75, 3.05) is 18.6 Å². The second kappa shape index (κ2) is 3.71. The number of alkyl carbamates (subject to hydrolysis) is 1. The van der Waals surface area contributed by atoms with Gasteiger partial charge in [0.05, 0.1) is 6.04 Å². The predicted octanol–water partition coefficient (Wildman–Crippen LogP) is 0.848. The highest BCUT2D eigenvalue weighted by molar-refractivity contribution is 7.98. The topological polar surface area (TPSA) is 38.3 Å². The van der Waals surface area contributed by atoms with E-state index in [-0.39, 0.29) is 12.1 Å². The Hall–Kier alpha value is -0.380. The lowest BCUT2D eigenvalue weighted by molar-refractivity contribution is 0.176. The molecule has 1 aliphatic heterocycles. The van der Waals surface area contributed by atoms with Gasteiger partial charge in [0.25, 0.3) is 0 Å². The Labute approximate surface area is 64.5 Å². The maximum Gasteiger partial charge on any atom is 0.407 e. The molecule has 3 nitrogen and oxygen atoms in total. The number of carbonyl (C=O) groups is 1. The summed E-state index contributed by atoms with van der Waals surface area (Å²) in [6.45, 7) is 0.541. The molecular formula is C6H11NO2S. The lowest BCUT2D eigenvalue weighted by atomic mass is 10.2. The van der Waals surface area contributed by atoms with Gasteiger partial charge in [-0.3, -0.25) is 0 Å². The maximum atomic E-state index is 10.5. The summed E-state index contributed by atoms with van der Waals surface area (Å²) in [5, 5.41) is 2.71. The van der Waals surface area contributed by atoms with Gasteiger partial charge < -0.3 is 10.1 Å². The number of carbonyl (C=O) groups excluding carboxylic acids is 1. The number of hydrogen-bond donors (Lipinski definition) is 1. The van der Waals surface area contributed by atoms with Gasteiger partial charge in [0.15, 0.2) is 0 Å². The standard InChI is InChI=1S/C6H11NO2S/c1-10-3-2-5-4-9-6(8)7-5/h5H,2-4H2,1H3,(H,7,8). The van der Waals surface area contributed by atoms with Crippen LogP contribution in [0.4, 0.5) is 4.79 Å². The van der Waals surface area contributed by atoms with Crippen LogP contribution in [0.25, 0.3) is 0 Å². The van der Waals surface area contributed by atoms with Gasteiger partial charge in [0.1, 0.15) is 6.61 Å². The normalized spacial score (nSPS) is 24.1. The fraction of sp³-hybridized carbons (Fsp3) is 0.833. The molecule has 0 radical (unpaired) electrons. The van der Waals surface area contributed by atoms with Gasteiger partial charge in [-0.25, -0.2) is 4.79 Å². The predicted molar refractivity (Wildman–Crippen MR) is 41.3 cm³/mol. The Morgan fingerprint density at radius 2 is 2.70 bits per heavy atom. The Bertz CT molecular complexity index is 129. The van der Waals surface area contributed by atoms with Crippen molar-refractivity contribution < 1.29 is 9.53 Å². The second-order valence-electron chi connectivity index (χ2n) is 2.22. The van der Waals surface area contributed by atoms with Gasteiger partial charge in [-0.2, -0.15) is 11.8 Å². The lowest BCUT2D eigenvalue weighted by Crippen LogP contribution is -2.26. The average molecular weight is 161 g/mol. The van der Waals surface area contributed by atoms with Crippen molar-refractivity contribution in [3.05, 3.63) is 0 Å². The van der Waals surface area contributed by atoms with E-state index in [0.29, 0.717) is 6.61 Å². The van der Waals surface area contributed by atoms with Crippen LogP contribution in [-0.2, 0) is 4.74 Å². The number of hydrogen-bond acceptors (Lipinski definition) is 3. The summed E-state index contributed by atoms with van der Waals surface area (Å²) < 4.78 is 4.70. The molecule has 1 rings (SSSR count). The first-order valence-electron chi connectivity index (χ1n) is 3.25. The van der Waals surface area contributed by atoms with Crippen LogP contribution in [0.1, 0.15) is 6.42 Å². The maximum absolute atomic E-state index is 10.5.